The highest BCUT2D eigenvalue weighted by Gasteiger charge is 2.11. The lowest BCUT2D eigenvalue weighted by Crippen LogP contribution is -2.38. The quantitative estimate of drug-likeness (QED) is 0.442. The van der Waals surface area contributed by atoms with Gasteiger partial charge in [-0.25, -0.2) is 15.0 Å². The fourth-order valence-electron chi connectivity index (χ4n) is 2.65. The van der Waals surface area contributed by atoms with Crippen LogP contribution in [0.15, 0.2) is 59.5 Å². The van der Waals surface area contributed by atoms with Gasteiger partial charge in [-0.3, -0.25) is 9.59 Å². The van der Waals surface area contributed by atoms with E-state index in [0.717, 1.165) is 5.56 Å². The summed E-state index contributed by atoms with van der Waals surface area (Å²) >= 11 is 0. The lowest BCUT2D eigenvalue weighted by Gasteiger charge is -2.12. The van der Waals surface area contributed by atoms with Crippen LogP contribution in [-0.4, -0.2) is 40.6 Å². The van der Waals surface area contributed by atoms with Crippen LogP contribution in [0.1, 0.15) is 32.8 Å². The zero-order chi connectivity index (χ0) is 24.4. The minimum Gasteiger partial charge on any atom is -0.480 e. The molecule has 0 saturated heterocycles. The summed E-state index contributed by atoms with van der Waals surface area (Å²) in [5, 5.41) is 2.89. The number of amides is 2. The molecule has 1 atom stereocenters. The van der Waals surface area contributed by atoms with Crippen LogP contribution < -0.4 is 26.3 Å². The van der Waals surface area contributed by atoms with E-state index in [1.165, 1.54) is 25.6 Å². The number of aliphatic imine (C=N–C) groups is 1. The first-order valence-electron chi connectivity index (χ1n) is 10.2. The fraction of sp³-hybridized carbons (Fsp3) is 0.261. The second kappa shape index (κ2) is 12.0. The number of primary amides is 2. The summed E-state index contributed by atoms with van der Waals surface area (Å²) in [6.45, 7) is 5.26. The molecule has 0 aliphatic rings. The summed E-state index contributed by atoms with van der Waals surface area (Å²) in [5.74, 6) is 0.0326. The zero-order valence-electron chi connectivity index (χ0n) is 19.0. The second-order valence-electron chi connectivity index (χ2n) is 6.98. The van der Waals surface area contributed by atoms with Gasteiger partial charge < -0.3 is 26.3 Å². The van der Waals surface area contributed by atoms with Crippen LogP contribution in [-0.2, 0) is 9.59 Å². The summed E-state index contributed by atoms with van der Waals surface area (Å²) in [6, 6.07) is 6.51. The number of hydrogen-bond donors (Lipinski definition) is 3. The van der Waals surface area contributed by atoms with Gasteiger partial charge in [0.2, 0.25) is 17.7 Å². The van der Waals surface area contributed by atoms with E-state index >= 15 is 0 Å². The first-order chi connectivity index (χ1) is 15.7. The van der Waals surface area contributed by atoms with Crippen molar-refractivity contribution >= 4 is 23.2 Å². The Morgan fingerprint density at radius 1 is 1.15 bits per heavy atom. The van der Waals surface area contributed by atoms with Crippen molar-refractivity contribution in [3.63, 3.8) is 0 Å². The maximum atomic E-state index is 12.0. The Balaban J connectivity index is 2.26. The van der Waals surface area contributed by atoms with E-state index in [9.17, 15) is 9.59 Å². The maximum Gasteiger partial charge on any atom is 0.267 e. The number of nitrogens with two attached hydrogens (primary N) is 2. The average molecular weight is 453 g/mol. The highest BCUT2D eigenvalue weighted by atomic mass is 16.5. The molecule has 0 spiro atoms. The number of benzene rings is 1. The zero-order valence-corrected chi connectivity index (χ0v) is 19.0. The van der Waals surface area contributed by atoms with Gasteiger partial charge in [0.25, 0.3) is 5.91 Å². The van der Waals surface area contributed by atoms with Gasteiger partial charge in [0, 0.05) is 11.3 Å². The van der Waals surface area contributed by atoms with Gasteiger partial charge in [-0.1, -0.05) is 13.0 Å². The van der Waals surface area contributed by atoms with Crippen molar-refractivity contribution in [2.24, 2.45) is 16.5 Å². The number of nitrogens with zero attached hydrogens (tertiary/aromatic N) is 3. The lowest BCUT2D eigenvalue weighted by atomic mass is 10.1. The molecule has 0 bridgehead atoms. The number of allylic oxidation sites excluding steroid dienone is 2. The molecule has 0 unspecified atom stereocenters. The van der Waals surface area contributed by atoms with Crippen molar-refractivity contribution in [2.75, 3.05) is 7.11 Å². The topological polar surface area (TPSA) is 155 Å². The summed E-state index contributed by atoms with van der Waals surface area (Å²) in [6.07, 6.45) is 6.95. The van der Waals surface area contributed by atoms with Gasteiger partial charge in [0.1, 0.15) is 17.5 Å². The Morgan fingerprint density at radius 2 is 1.79 bits per heavy atom. The third kappa shape index (κ3) is 7.76. The molecule has 0 radical (unpaired) electrons. The predicted octanol–water partition coefficient (Wildman–Crippen LogP) is 2.32. The highest BCUT2D eigenvalue weighted by Crippen LogP contribution is 2.24. The van der Waals surface area contributed by atoms with Crippen molar-refractivity contribution in [1.29, 1.82) is 0 Å². The van der Waals surface area contributed by atoms with Gasteiger partial charge in [0.15, 0.2) is 0 Å². The smallest absolute Gasteiger partial charge is 0.267 e. The molecule has 0 aliphatic heterocycles. The molecule has 0 fully saturated rings. The van der Waals surface area contributed by atoms with E-state index in [1.54, 1.807) is 38.1 Å². The van der Waals surface area contributed by atoms with E-state index in [0.29, 0.717) is 35.3 Å². The van der Waals surface area contributed by atoms with Crippen molar-refractivity contribution in [3.05, 3.63) is 60.1 Å². The minimum absolute atomic E-state index is 0.0326. The normalized spacial score (nSPS) is 13.3. The van der Waals surface area contributed by atoms with Crippen LogP contribution in [0.5, 0.6) is 17.5 Å². The first kappa shape index (κ1) is 25.1. The standard InChI is InChI=1S/C23H28N6O4/c1-5-6-18(29-19(23(25)31)11-14(2)28-15(3)22(24)30)16-7-9-17(10-8-16)33-21-13-26-20(32-4)12-27-21/h6-13,15,28H,5H2,1-4H3,(H2,24,30)(H2,25,31)/b14-11+,18-6+,29-19-/t15-/m0/s1. The molecule has 0 saturated carbocycles. The largest absolute Gasteiger partial charge is 0.480 e. The van der Waals surface area contributed by atoms with E-state index in [2.05, 4.69) is 20.3 Å². The maximum absolute atomic E-state index is 12.0. The number of carbonyl (C=O) groups excluding carboxylic acids is 2. The number of rotatable bonds is 11. The number of ether oxygens (including phenoxy) is 2. The van der Waals surface area contributed by atoms with Crippen molar-refractivity contribution in [2.45, 2.75) is 33.2 Å². The molecular formula is C23H28N6O4. The van der Waals surface area contributed by atoms with Crippen molar-refractivity contribution < 1.29 is 19.1 Å². The molecule has 10 heteroatoms. The Morgan fingerprint density at radius 3 is 2.30 bits per heavy atom. The van der Waals surface area contributed by atoms with Crippen LogP contribution >= 0.6 is 0 Å². The van der Waals surface area contributed by atoms with Crippen molar-refractivity contribution in [1.82, 2.24) is 15.3 Å². The van der Waals surface area contributed by atoms with Gasteiger partial charge >= 0.3 is 0 Å². The minimum atomic E-state index is -0.706. The molecule has 1 aromatic heterocycles. The molecule has 0 aliphatic carbocycles. The lowest BCUT2D eigenvalue weighted by molar-refractivity contribution is -0.119. The van der Waals surface area contributed by atoms with E-state index in [4.69, 9.17) is 20.9 Å². The SMILES string of the molecule is CC/C=C(/N=C(/C=C(\C)N[C@@H](C)C(N)=O)C(N)=O)c1ccc(Oc2cnc(OC)cn2)cc1. The first-order valence-corrected chi connectivity index (χ1v) is 10.2. The van der Waals surface area contributed by atoms with Gasteiger partial charge in [-0.05, 0) is 50.6 Å². The molecule has 5 N–H and O–H groups in total. The van der Waals surface area contributed by atoms with Crippen LogP contribution in [0, 0.1) is 0 Å². The predicted molar refractivity (Wildman–Crippen MR) is 126 cm³/mol. The summed E-state index contributed by atoms with van der Waals surface area (Å²) in [5.41, 5.74) is 12.7. The molecule has 174 valence electrons. The monoisotopic (exact) mass is 452 g/mol. The molecule has 2 amide bonds. The Labute approximate surface area is 192 Å². The Hall–Kier alpha value is -4.21. The summed E-state index contributed by atoms with van der Waals surface area (Å²) in [7, 11) is 1.51. The second-order valence-corrected chi connectivity index (χ2v) is 6.98. The van der Waals surface area contributed by atoms with E-state index in [-0.39, 0.29) is 5.71 Å². The van der Waals surface area contributed by atoms with Gasteiger partial charge in [-0.15, -0.1) is 0 Å². The third-order valence-corrected chi connectivity index (χ3v) is 4.30. The van der Waals surface area contributed by atoms with E-state index in [1.807, 2.05) is 13.0 Å². The van der Waals surface area contributed by atoms with Crippen LogP contribution in [0.2, 0.25) is 0 Å². The van der Waals surface area contributed by atoms with E-state index < -0.39 is 17.9 Å². The van der Waals surface area contributed by atoms with Gasteiger partial charge in [-0.2, -0.15) is 0 Å². The Kier molecular flexibility index (Phi) is 9.10. The number of methoxy groups -OCH3 is 1. The average Bonchev–Trinajstić information content (AvgIpc) is 2.79. The molecule has 1 heterocycles. The van der Waals surface area contributed by atoms with Gasteiger partial charge in [0.05, 0.1) is 25.2 Å². The number of carbonyl (C=O) groups is 2. The molecule has 33 heavy (non-hydrogen) atoms. The highest BCUT2D eigenvalue weighted by molar-refractivity contribution is 6.43. The molecule has 2 aromatic rings. The van der Waals surface area contributed by atoms with Crippen LogP contribution in [0.25, 0.3) is 5.70 Å². The van der Waals surface area contributed by atoms with Crippen molar-refractivity contribution in [3.8, 4) is 17.5 Å². The Bertz CT molecular complexity index is 1060. The number of nitrogens with one attached hydrogen (secondary N) is 1. The molecular weight excluding hydrogens is 424 g/mol. The summed E-state index contributed by atoms with van der Waals surface area (Å²) < 4.78 is 10.7. The third-order valence-electron chi connectivity index (χ3n) is 4.30. The summed E-state index contributed by atoms with van der Waals surface area (Å²) in [4.78, 5) is 35.9. The van der Waals surface area contributed by atoms with Crippen LogP contribution in [0.3, 0.4) is 0 Å². The number of aromatic nitrogens is 2. The number of hydrogen-bond acceptors (Lipinski definition) is 8. The van der Waals surface area contributed by atoms with Crippen LogP contribution in [0.4, 0.5) is 0 Å². The fourth-order valence-corrected chi connectivity index (χ4v) is 2.65. The molecule has 10 nitrogen and oxygen atoms in total. The molecule has 1 aromatic carbocycles. The molecule has 2 rings (SSSR count).